The standard InChI is InChI=1S/C15H13BrFNO2S/c16-13-7-15-14(19-1-2-20-15)3-9(13)8-21-12-5-10(17)4-11(18)6-12/h3-7H,1-2,8,18H2. The number of ether oxygens (including phenoxy) is 2. The van der Waals surface area contributed by atoms with Crippen molar-refractivity contribution < 1.29 is 13.9 Å². The summed E-state index contributed by atoms with van der Waals surface area (Å²) in [6, 6.07) is 8.41. The molecule has 0 radical (unpaired) electrons. The molecule has 3 nitrogen and oxygen atoms in total. The average Bonchev–Trinajstić information content (AvgIpc) is 2.44. The van der Waals surface area contributed by atoms with Crippen molar-refractivity contribution in [3.63, 3.8) is 0 Å². The SMILES string of the molecule is Nc1cc(F)cc(SCc2cc3c(cc2Br)OCCO3)c1. The highest BCUT2D eigenvalue weighted by atomic mass is 79.9. The summed E-state index contributed by atoms with van der Waals surface area (Å²) in [5.74, 6) is 1.86. The first-order valence-electron chi connectivity index (χ1n) is 6.39. The van der Waals surface area contributed by atoms with Gasteiger partial charge in [-0.15, -0.1) is 11.8 Å². The Labute approximate surface area is 134 Å². The molecule has 21 heavy (non-hydrogen) atoms. The molecule has 1 aliphatic rings. The van der Waals surface area contributed by atoms with Gasteiger partial charge in [0.25, 0.3) is 0 Å². The molecule has 6 heteroatoms. The molecule has 0 saturated carbocycles. The molecule has 0 unspecified atom stereocenters. The highest BCUT2D eigenvalue weighted by molar-refractivity contribution is 9.10. The second-order valence-corrected chi connectivity index (χ2v) is 6.50. The van der Waals surface area contributed by atoms with Crippen LogP contribution in [0.1, 0.15) is 5.56 Å². The molecule has 0 atom stereocenters. The Kier molecular flexibility index (Phi) is 4.26. The van der Waals surface area contributed by atoms with Crippen LogP contribution in [0.25, 0.3) is 0 Å². The molecule has 2 aromatic rings. The predicted molar refractivity (Wildman–Crippen MR) is 85.5 cm³/mol. The predicted octanol–water partition coefficient (Wildman–Crippen LogP) is 4.23. The summed E-state index contributed by atoms with van der Waals surface area (Å²) in [4.78, 5) is 0.800. The maximum absolute atomic E-state index is 13.3. The highest BCUT2D eigenvalue weighted by Gasteiger charge is 2.15. The van der Waals surface area contributed by atoms with Crippen molar-refractivity contribution in [2.45, 2.75) is 10.6 Å². The van der Waals surface area contributed by atoms with Gasteiger partial charge in [0.15, 0.2) is 11.5 Å². The lowest BCUT2D eigenvalue weighted by Crippen LogP contribution is -2.15. The number of hydrogen-bond acceptors (Lipinski definition) is 4. The fourth-order valence-corrected chi connectivity index (χ4v) is 3.67. The Balaban J connectivity index is 1.78. The number of thioether (sulfide) groups is 1. The molecule has 2 N–H and O–H groups in total. The van der Waals surface area contributed by atoms with Gasteiger partial charge in [0.1, 0.15) is 19.0 Å². The summed E-state index contributed by atoms with van der Waals surface area (Å²) in [7, 11) is 0. The topological polar surface area (TPSA) is 44.5 Å². The van der Waals surface area contributed by atoms with Gasteiger partial charge in [-0.1, -0.05) is 15.9 Å². The molecule has 0 bridgehead atoms. The van der Waals surface area contributed by atoms with Gasteiger partial charge in [-0.3, -0.25) is 0 Å². The Morgan fingerprint density at radius 3 is 2.52 bits per heavy atom. The first-order chi connectivity index (χ1) is 10.1. The van der Waals surface area contributed by atoms with Crippen molar-refractivity contribution >= 4 is 33.4 Å². The Morgan fingerprint density at radius 2 is 1.81 bits per heavy atom. The van der Waals surface area contributed by atoms with E-state index < -0.39 is 0 Å². The normalized spacial score (nSPS) is 13.2. The lowest BCUT2D eigenvalue weighted by molar-refractivity contribution is 0.171. The van der Waals surface area contributed by atoms with Crippen LogP contribution in [0.15, 0.2) is 39.7 Å². The Morgan fingerprint density at radius 1 is 1.10 bits per heavy atom. The van der Waals surface area contributed by atoms with E-state index in [-0.39, 0.29) is 5.82 Å². The van der Waals surface area contributed by atoms with Gasteiger partial charge in [-0.2, -0.15) is 0 Å². The summed E-state index contributed by atoms with van der Waals surface area (Å²) in [5, 5.41) is 0. The number of fused-ring (bicyclic) bond motifs is 1. The quantitative estimate of drug-likeness (QED) is 0.649. The maximum atomic E-state index is 13.3. The molecule has 1 aliphatic heterocycles. The third-order valence-corrected chi connectivity index (χ3v) is 4.76. The third kappa shape index (κ3) is 3.44. The number of hydrogen-bond donors (Lipinski definition) is 1. The summed E-state index contributed by atoms with van der Waals surface area (Å²) >= 11 is 5.05. The zero-order valence-electron chi connectivity index (χ0n) is 11.1. The molecule has 3 rings (SSSR count). The molecule has 0 amide bonds. The minimum absolute atomic E-state index is 0.321. The molecule has 0 saturated heterocycles. The van der Waals surface area contributed by atoms with Crippen molar-refractivity contribution in [1.29, 1.82) is 0 Å². The number of nitrogen functional groups attached to an aromatic ring is 1. The number of halogens is 2. The van der Waals surface area contributed by atoms with E-state index >= 15 is 0 Å². The van der Waals surface area contributed by atoms with E-state index in [1.165, 1.54) is 23.9 Å². The van der Waals surface area contributed by atoms with E-state index in [4.69, 9.17) is 15.2 Å². The molecule has 1 heterocycles. The van der Waals surface area contributed by atoms with Crippen molar-refractivity contribution in [3.8, 4) is 11.5 Å². The number of nitrogens with two attached hydrogens (primary N) is 1. The lowest BCUT2D eigenvalue weighted by Gasteiger charge is -2.19. The monoisotopic (exact) mass is 369 g/mol. The largest absolute Gasteiger partial charge is 0.486 e. The summed E-state index contributed by atoms with van der Waals surface area (Å²) in [6.45, 7) is 1.12. The minimum Gasteiger partial charge on any atom is -0.486 e. The van der Waals surface area contributed by atoms with Gasteiger partial charge in [-0.25, -0.2) is 4.39 Å². The van der Waals surface area contributed by atoms with Gasteiger partial charge in [-0.05, 0) is 35.9 Å². The van der Waals surface area contributed by atoms with Crippen molar-refractivity contribution in [3.05, 3.63) is 46.2 Å². The summed E-state index contributed by atoms with van der Waals surface area (Å²) < 4.78 is 25.4. The average molecular weight is 370 g/mol. The van der Waals surface area contributed by atoms with Gasteiger partial charge >= 0.3 is 0 Å². The molecule has 0 fully saturated rings. The van der Waals surface area contributed by atoms with Crippen LogP contribution in [0.2, 0.25) is 0 Å². The fourth-order valence-electron chi connectivity index (χ4n) is 2.05. The van der Waals surface area contributed by atoms with Crippen LogP contribution in [0.5, 0.6) is 11.5 Å². The van der Waals surface area contributed by atoms with Crippen LogP contribution in [0, 0.1) is 5.82 Å². The smallest absolute Gasteiger partial charge is 0.162 e. The Hall–Kier alpha value is -1.40. The van der Waals surface area contributed by atoms with Gasteiger partial charge in [0.2, 0.25) is 0 Å². The molecule has 0 spiro atoms. The maximum Gasteiger partial charge on any atom is 0.162 e. The van der Waals surface area contributed by atoms with Crippen molar-refractivity contribution in [2.24, 2.45) is 0 Å². The fraction of sp³-hybridized carbons (Fsp3) is 0.200. The van der Waals surface area contributed by atoms with Gasteiger partial charge in [0.05, 0.1) is 0 Å². The van der Waals surface area contributed by atoms with Crippen LogP contribution in [-0.2, 0) is 5.75 Å². The third-order valence-electron chi connectivity index (χ3n) is 3.00. The van der Waals surface area contributed by atoms with E-state index in [2.05, 4.69) is 15.9 Å². The molecular formula is C15H13BrFNO2S. The van der Waals surface area contributed by atoms with E-state index in [0.29, 0.717) is 24.7 Å². The number of rotatable bonds is 3. The lowest BCUT2D eigenvalue weighted by atomic mass is 10.2. The molecule has 2 aromatic carbocycles. The molecule has 0 aromatic heterocycles. The van der Waals surface area contributed by atoms with Gasteiger partial charge in [0, 0.05) is 20.8 Å². The van der Waals surface area contributed by atoms with E-state index in [1.54, 1.807) is 6.07 Å². The number of anilines is 1. The van der Waals surface area contributed by atoms with Crippen molar-refractivity contribution in [2.75, 3.05) is 18.9 Å². The highest BCUT2D eigenvalue weighted by Crippen LogP contribution is 2.38. The van der Waals surface area contributed by atoms with E-state index in [1.807, 2.05) is 12.1 Å². The van der Waals surface area contributed by atoms with Crippen LogP contribution in [0.3, 0.4) is 0 Å². The minimum atomic E-state index is -0.321. The van der Waals surface area contributed by atoms with Crippen LogP contribution in [0.4, 0.5) is 10.1 Å². The van der Waals surface area contributed by atoms with Crippen LogP contribution >= 0.6 is 27.7 Å². The zero-order chi connectivity index (χ0) is 14.8. The zero-order valence-corrected chi connectivity index (χ0v) is 13.5. The van der Waals surface area contributed by atoms with E-state index in [0.717, 1.165) is 26.4 Å². The summed E-state index contributed by atoms with van der Waals surface area (Å²) in [5.41, 5.74) is 7.14. The second kappa shape index (κ2) is 6.15. The first-order valence-corrected chi connectivity index (χ1v) is 8.16. The van der Waals surface area contributed by atoms with Crippen LogP contribution < -0.4 is 15.2 Å². The molecule has 110 valence electrons. The van der Waals surface area contributed by atoms with E-state index in [9.17, 15) is 4.39 Å². The molecular weight excluding hydrogens is 357 g/mol. The number of benzene rings is 2. The second-order valence-electron chi connectivity index (χ2n) is 4.60. The summed E-state index contributed by atoms with van der Waals surface area (Å²) in [6.07, 6.45) is 0. The molecule has 0 aliphatic carbocycles. The van der Waals surface area contributed by atoms with Crippen LogP contribution in [-0.4, -0.2) is 13.2 Å². The van der Waals surface area contributed by atoms with Gasteiger partial charge < -0.3 is 15.2 Å². The Bertz CT molecular complexity index is 661. The van der Waals surface area contributed by atoms with Crippen molar-refractivity contribution in [1.82, 2.24) is 0 Å². The first kappa shape index (κ1) is 14.5.